The minimum Gasteiger partial charge on any atom is -0.448 e. The highest BCUT2D eigenvalue weighted by molar-refractivity contribution is 6.30. The first-order valence-electron chi connectivity index (χ1n) is 9.75. The number of amides is 1. The van der Waals surface area contributed by atoms with Crippen LogP contribution in [0.15, 0.2) is 64.1 Å². The summed E-state index contributed by atoms with van der Waals surface area (Å²) in [5.74, 6) is -0.106. The molecular formula is C22H19ClN4O3. The third kappa shape index (κ3) is 3.31. The molecule has 0 unspecified atom stereocenters. The molecular weight excluding hydrogens is 404 g/mol. The van der Waals surface area contributed by atoms with E-state index in [1.54, 1.807) is 11.0 Å². The standard InChI is InChI=1S/C22H19ClN4O3/c23-15-5-7-16(8-6-15)25-9-11-26(12-10-25)19(28)13-27-14-24-20-17-3-1-2-4-18(17)30-21(20)22(27)29/h1-8,14H,9-13H2. The van der Waals surface area contributed by atoms with Crippen molar-refractivity contribution >= 4 is 45.3 Å². The van der Waals surface area contributed by atoms with Gasteiger partial charge in [-0.25, -0.2) is 4.98 Å². The predicted octanol–water partition coefficient (Wildman–Crippen LogP) is 3.14. The summed E-state index contributed by atoms with van der Waals surface area (Å²) in [6.45, 7) is 2.58. The molecule has 0 saturated carbocycles. The van der Waals surface area contributed by atoms with Gasteiger partial charge in [-0.1, -0.05) is 23.7 Å². The van der Waals surface area contributed by atoms with Gasteiger partial charge in [-0.15, -0.1) is 0 Å². The lowest BCUT2D eigenvalue weighted by Crippen LogP contribution is -2.50. The Morgan fingerprint density at radius 2 is 1.77 bits per heavy atom. The number of rotatable bonds is 3. The van der Waals surface area contributed by atoms with E-state index in [2.05, 4.69) is 9.88 Å². The Balaban J connectivity index is 1.30. The maximum Gasteiger partial charge on any atom is 0.297 e. The molecule has 1 aliphatic heterocycles. The third-order valence-electron chi connectivity index (χ3n) is 5.48. The molecule has 1 fully saturated rings. The Morgan fingerprint density at radius 3 is 2.53 bits per heavy atom. The lowest BCUT2D eigenvalue weighted by Gasteiger charge is -2.36. The molecule has 2 aromatic carbocycles. The third-order valence-corrected chi connectivity index (χ3v) is 5.73. The molecule has 0 radical (unpaired) electrons. The maximum atomic E-state index is 12.8. The van der Waals surface area contributed by atoms with E-state index in [1.165, 1.54) is 10.9 Å². The molecule has 0 bridgehead atoms. The molecule has 4 aromatic rings. The number of aromatic nitrogens is 2. The molecule has 30 heavy (non-hydrogen) atoms. The molecule has 2 aromatic heterocycles. The van der Waals surface area contributed by atoms with Crippen LogP contribution in [0.1, 0.15) is 0 Å². The Kier molecular flexibility index (Phi) is 4.67. The van der Waals surface area contributed by atoms with Crippen LogP contribution in [0.2, 0.25) is 5.02 Å². The highest BCUT2D eigenvalue weighted by atomic mass is 35.5. The van der Waals surface area contributed by atoms with E-state index in [0.717, 1.165) is 24.2 Å². The lowest BCUT2D eigenvalue weighted by atomic mass is 10.2. The van der Waals surface area contributed by atoms with Crippen molar-refractivity contribution in [2.45, 2.75) is 6.54 Å². The molecule has 5 rings (SSSR count). The van der Waals surface area contributed by atoms with Crippen molar-refractivity contribution in [1.82, 2.24) is 14.5 Å². The van der Waals surface area contributed by atoms with E-state index in [4.69, 9.17) is 16.0 Å². The van der Waals surface area contributed by atoms with E-state index < -0.39 is 0 Å². The summed E-state index contributed by atoms with van der Waals surface area (Å²) in [6, 6.07) is 15.1. The number of nitrogens with zero attached hydrogens (tertiary/aromatic N) is 4. The number of carbonyl (C=O) groups is 1. The average Bonchev–Trinajstić information content (AvgIpc) is 3.16. The zero-order valence-corrected chi connectivity index (χ0v) is 16.9. The first-order chi connectivity index (χ1) is 14.6. The molecule has 152 valence electrons. The molecule has 0 atom stereocenters. The monoisotopic (exact) mass is 422 g/mol. The van der Waals surface area contributed by atoms with Gasteiger partial charge >= 0.3 is 0 Å². The number of fused-ring (bicyclic) bond motifs is 3. The number of halogens is 1. The number of furan rings is 1. The molecule has 0 spiro atoms. The summed E-state index contributed by atoms with van der Waals surface area (Å²) in [5.41, 5.74) is 2.06. The highest BCUT2D eigenvalue weighted by Crippen LogP contribution is 2.24. The van der Waals surface area contributed by atoms with Gasteiger partial charge < -0.3 is 14.2 Å². The summed E-state index contributed by atoms with van der Waals surface area (Å²) >= 11 is 5.95. The minimum atomic E-state index is -0.343. The maximum absolute atomic E-state index is 12.8. The number of hydrogen-bond acceptors (Lipinski definition) is 5. The summed E-state index contributed by atoms with van der Waals surface area (Å²) in [6.07, 6.45) is 1.43. The van der Waals surface area contributed by atoms with Gasteiger partial charge in [0, 0.05) is 42.3 Å². The SMILES string of the molecule is O=C(Cn1cnc2c(oc3ccccc32)c1=O)N1CCN(c2ccc(Cl)cc2)CC1. The second-order valence-corrected chi connectivity index (χ2v) is 7.73. The fourth-order valence-electron chi connectivity index (χ4n) is 3.84. The van der Waals surface area contributed by atoms with Crippen molar-refractivity contribution in [3.63, 3.8) is 0 Å². The largest absolute Gasteiger partial charge is 0.448 e. The number of hydrogen-bond donors (Lipinski definition) is 0. The Labute approximate surface area is 177 Å². The number of para-hydroxylation sites is 1. The van der Waals surface area contributed by atoms with Crippen molar-refractivity contribution in [2.24, 2.45) is 0 Å². The molecule has 1 amide bonds. The Hall–Kier alpha value is -3.32. The summed E-state index contributed by atoms with van der Waals surface area (Å²) < 4.78 is 7.00. The molecule has 8 heteroatoms. The number of benzene rings is 2. The van der Waals surface area contributed by atoms with Crippen LogP contribution in [-0.4, -0.2) is 46.5 Å². The number of anilines is 1. The lowest BCUT2D eigenvalue weighted by molar-refractivity contribution is -0.132. The molecule has 1 aliphatic rings. The van der Waals surface area contributed by atoms with Gasteiger partial charge in [-0.2, -0.15) is 0 Å². The van der Waals surface area contributed by atoms with Crippen molar-refractivity contribution in [3.05, 3.63) is 70.2 Å². The van der Waals surface area contributed by atoms with Gasteiger partial charge in [-0.05, 0) is 36.4 Å². The van der Waals surface area contributed by atoms with Crippen molar-refractivity contribution in [2.75, 3.05) is 31.1 Å². The second-order valence-electron chi connectivity index (χ2n) is 7.30. The van der Waals surface area contributed by atoms with Gasteiger partial charge in [0.15, 0.2) is 0 Å². The van der Waals surface area contributed by atoms with Crippen LogP contribution in [0.3, 0.4) is 0 Å². The van der Waals surface area contributed by atoms with E-state index in [0.29, 0.717) is 29.2 Å². The van der Waals surface area contributed by atoms with E-state index in [9.17, 15) is 9.59 Å². The highest BCUT2D eigenvalue weighted by Gasteiger charge is 2.22. The molecule has 0 N–H and O–H groups in total. The van der Waals surface area contributed by atoms with Gasteiger partial charge in [0.05, 0.1) is 6.33 Å². The van der Waals surface area contributed by atoms with Gasteiger partial charge in [0.25, 0.3) is 5.56 Å². The quantitative estimate of drug-likeness (QED) is 0.507. The predicted molar refractivity (Wildman–Crippen MR) is 116 cm³/mol. The smallest absolute Gasteiger partial charge is 0.297 e. The van der Waals surface area contributed by atoms with Crippen LogP contribution < -0.4 is 10.5 Å². The topological polar surface area (TPSA) is 71.6 Å². The molecule has 1 saturated heterocycles. The zero-order chi connectivity index (χ0) is 20.7. The van der Waals surface area contributed by atoms with E-state index in [1.807, 2.05) is 42.5 Å². The second kappa shape index (κ2) is 7.50. The van der Waals surface area contributed by atoms with Crippen LogP contribution in [0.4, 0.5) is 5.69 Å². The average molecular weight is 423 g/mol. The molecule has 0 aliphatic carbocycles. The summed E-state index contributed by atoms with van der Waals surface area (Å²) in [7, 11) is 0. The number of piperazine rings is 1. The zero-order valence-electron chi connectivity index (χ0n) is 16.1. The fraction of sp³-hybridized carbons (Fsp3) is 0.227. The van der Waals surface area contributed by atoms with Crippen molar-refractivity contribution in [1.29, 1.82) is 0 Å². The van der Waals surface area contributed by atoms with Crippen molar-refractivity contribution < 1.29 is 9.21 Å². The Morgan fingerprint density at radius 1 is 1.03 bits per heavy atom. The normalized spacial score (nSPS) is 14.6. The van der Waals surface area contributed by atoms with Gasteiger partial charge in [0.1, 0.15) is 17.6 Å². The first kappa shape index (κ1) is 18.7. The van der Waals surface area contributed by atoms with Crippen LogP contribution in [-0.2, 0) is 11.3 Å². The van der Waals surface area contributed by atoms with Gasteiger partial charge in [-0.3, -0.25) is 14.2 Å². The van der Waals surface area contributed by atoms with Crippen molar-refractivity contribution in [3.8, 4) is 0 Å². The number of carbonyl (C=O) groups excluding carboxylic acids is 1. The van der Waals surface area contributed by atoms with Crippen LogP contribution in [0.25, 0.3) is 22.1 Å². The van der Waals surface area contributed by atoms with E-state index in [-0.39, 0.29) is 23.6 Å². The first-order valence-corrected chi connectivity index (χ1v) is 10.1. The van der Waals surface area contributed by atoms with E-state index >= 15 is 0 Å². The van der Waals surface area contributed by atoms with Crippen LogP contribution in [0.5, 0.6) is 0 Å². The van der Waals surface area contributed by atoms with Gasteiger partial charge in [0.2, 0.25) is 11.5 Å². The fourth-order valence-corrected chi connectivity index (χ4v) is 3.97. The minimum absolute atomic E-state index is 0.0558. The molecule has 7 nitrogen and oxygen atoms in total. The summed E-state index contributed by atoms with van der Waals surface area (Å²) in [5, 5.41) is 1.49. The molecule has 3 heterocycles. The summed E-state index contributed by atoms with van der Waals surface area (Å²) in [4.78, 5) is 34.0. The van der Waals surface area contributed by atoms with Crippen LogP contribution in [0, 0.1) is 0 Å². The van der Waals surface area contributed by atoms with Crippen LogP contribution >= 0.6 is 11.6 Å². The Bertz CT molecular complexity index is 1290.